The molecule has 0 aliphatic carbocycles. The summed E-state index contributed by atoms with van der Waals surface area (Å²) in [6.07, 6.45) is 2.38. The summed E-state index contributed by atoms with van der Waals surface area (Å²) in [5, 5.41) is 22.8. The van der Waals surface area contributed by atoms with Gasteiger partial charge in [0.1, 0.15) is 11.5 Å². The van der Waals surface area contributed by atoms with E-state index in [9.17, 15) is 10.2 Å². The smallest absolute Gasteiger partial charge is 0.552 e. The first kappa shape index (κ1) is 43.0. The SMILES string of the molecule is COCCN(Cc1cc(C(C)(C)C)cc(C(C)(C)C)c1O)Cc1cc(C(C)(C)C)cc(C(C)(C)C)c1O.[CH-]1CCCO1.[CH3-].[Y+3]. The van der Waals surface area contributed by atoms with Crippen LogP contribution in [-0.4, -0.2) is 42.0 Å². The van der Waals surface area contributed by atoms with Gasteiger partial charge in [-0.05, 0) is 43.9 Å². The van der Waals surface area contributed by atoms with Crippen LogP contribution in [0.1, 0.15) is 129 Å². The van der Waals surface area contributed by atoms with Crippen molar-refractivity contribution in [2.75, 3.05) is 26.9 Å². The van der Waals surface area contributed by atoms with E-state index < -0.39 is 0 Å². The molecule has 0 atom stereocenters. The van der Waals surface area contributed by atoms with Gasteiger partial charge in [-0.25, -0.2) is 6.61 Å². The van der Waals surface area contributed by atoms with Crippen LogP contribution in [0.4, 0.5) is 0 Å². The summed E-state index contributed by atoms with van der Waals surface area (Å²) in [5.41, 5.74) is 5.74. The van der Waals surface area contributed by atoms with Crippen LogP contribution >= 0.6 is 0 Å². The molecule has 0 spiro atoms. The van der Waals surface area contributed by atoms with Crippen LogP contribution in [0.2, 0.25) is 0 Å². The zero-order valence-electron chi connectivity index (χ0n) is 30.6. The van der Waals surface area contributed by atoms with E-state index in [1.807, 2.05) is 6.61 Å². The largest absolute Gasteiger partial charge is 3.00 e. The molecule has 0 amide bonds. The van der Waals surface area contributed by atoms with Crippen molar-refractivity contribution in [1.29, 1.82) is 0 Å². The van der Waals surface area contributed by atoms with Crippen molar-refractivity contribution in [2.45, 2.75) is 131 Å². The van der Waals surface area contributed by atoms with Gasteiger partial charge in [0.05, 0.1) is 6.61 Å². The van der Waals surface area contributed by atoms with Crippen molar-refractivity contribution < 1.29 is 52.4 Å². The summed E-state index contributed by atoms with van der Waals surface area (Å²) < 4.78 is 10.3. The van der Waals surface area contributed by atoms with E-state index in [0.717, 1.165) is 35.3 Å². The zero-order chi connectivity index (χ0) is 32.1. The van der Waals surface area contributed by atoms with Crippen molar-refractivity contribution in [1.82, 2.24) is 4.90 Å². The monoisotopic (exact) mass is 686 g/mol. The van der Waals surface area contributed by atoms with Crippen LogP contribution in [0.15, 0.2) is 24.3 Å². The van der Waals surface area contributed by atoms with E-state index in [1.165, 1.54) is 17.5 Å². The molecular formula is C38H63NO4Y+. The first-order valence-corrected chi connectivity index (χ1v) is 15.5. The Morgan fingerprint density at radius 1 is 0.727 bits per heavy atom. The molecule has 1 fully saturated rings. The van der Waals surface area contributed by atoms with Crippen molar-refractivity contribution in [3.8, 4) is 11.5 Å². The molecule has 1 saturated heterocycles. The third kappa shape index (κ3) is 12.7. The van der Waals surface area contributed by atoms with Crippen molar-refractivity contribution in [3.63, 3.8) is 0 Å². The second-order valence-corrected chi connectivity index (χ2v) is 15.9. The van der Waals surface area contributed by atoms with Crippen LogP contribution in [0.3, 0.4) is 0 Å². The number of ether oxygens (including phenoxy) is 2. The van der Waals surface area contributed by atoms with Crippen LogP contribution in [0, 0.1) is 14.0 Å². The van der Waals surface area contributed by atoms with Crippen molar-refractivity contribution in [2.24, 2.45) is 0 Å². The molecule has 2 aromatic carbocycles. The standard InChI is InChI=1S/C33H53NO3.C4H7O.CH3.Y/c1-30(2,3)24-16-22(28(35)26(18-24)32(7,8)9)20-34(14-15-37-13)21-23-17-25(31(4,5)6)19-27(29(23)36)33(10,11)12;1-2-4-5-3-1;;/h16-19,35-36H,14-15,20-21H2,1-13H3;3H,1-2,4H2;1H3;/q;2*-1;+3. The minimum absolute atomic E-state index is 0. The minimum Gasteiger partial charge on any atom is -0.552 e. The molecular weight excluding hydrogens is 623 g/mol. The van der Waals surface area contributed by atoms with Gasteiger partial charge in [0.25, 0.3) is 0 Å². The summed E-state index contributed by atoms with van der Waals surface area (Å²) in [5.74, 6) is 0.733. The van der Waals surface area contributed by atoms with E-state index in [4.69, 9.17) is 9.47 Å². The Bertz CT molecular complexity index is 1070. The van der Waals surface area contributed by atoms with E-state index in [-0.39, 0.29) is 61.8 Å². The Morgan fingerprint density at radius 3 is 1.39 bits per heavy atom. The summed E-state index contributed by atoms with van der Waals surface area (Å²) >= 11 is 0. The van der Waals surface area contributed by atoms with Gasteiger partial charge in [0, 0.05) is 44.5 Å². The molecule has 2 N–H and O–H groups in total. The maximum atomic E-state index is 11.4. The average Bonchev–Trinajstić information content (AvgIpc) is 3.42. The fraction of sp³-hybridized carbons (Fsp3) is 0.632. The molecule has 6 heteroatoms. The average molecular weight is 687 g/mol. The molecule has 0 unspecified atom stereocenters. The van der Waals surface area contributed by atoms with Gasteiger partial charge in [-0.3, -0.25) is 4.90 Å². The van der Waals surface area contributed by atoms with Crippen LogP contribution in [0.25, 0.3) is 0 Å². The van der Waals surface area contributed by atoms with Crippen molar-refractivity contribution in [3.05, 3.63) is 71.7 Å². The number of methoxy groups -OCH3 is 1. The van der Waals surface area contributed by atoms with Gasteiger partial charge in [-0.15, -0.1) is 0 Å². The maximum absolute atomic E-state index is 11.4. The van der Waals surface area contributed by atoms with E-state index >= 15 is 0 Å². The van der Waals surface area contributed by atoms with Crippen LogP contribution in [0.5, 0.6) is 11.5 Å². The molecule has 1 aliphatic rings. The normalized spacial score (nSPS) is 14.0. The van der Waals surface area contributed by atoms with Gasteiger partial charge in [-0.1, -0.05) is 114 Å². The van der Waals surface area contributed by atoms with E-state index in [1.54, 1.807) is 7.11 Å². The molecule has 246 valence electrons. The molecule has 44 heavy (non-hydrogen) atoms. The van der Waals surface area contributed by atoms with Gasteiger partial charge in [0.2, 0.25) is 0 Å². The number of phenolic OH excluding ortho intramolecular Hbond substituents is 2. The Kier molecular flexibility index (Phi) is 16.9. The number of hydrogen-bond donors (Lipinski definition) is 2. The second kappa shape index (κ2) is 17.3. The van der Waals surface area contributed by atoms with E-state index in [2.05, 4.69) is 112 Å². The Morgan fingerprint density at radius 2 is 1.14 bits per heavy atom. The fourth-order valence-corrected chi connectivity index (χ4v) is 4.97. The molecule has 0 saturated carbocycles. The van der Waals surface area contributed by atoms with Gasteiger partial charge >= 0.3 is 32.7 Å². The summed E-state index contributed by atoms with van der Waals surface area (Å²) in [4.78, 5) is 2.27. The quantitative estimate of drug-likeness (QED) is 0.285. The third-order valence-electron chi connectivity index (χ3n) is 7.83. The molecule has 5 nitrogen and oxygen atoms in total. The fourth-order valence-electron chi connectivity index (χ4n) is 4.97. The topological polar surface area (TPSA) is 62.2 Å². The van der Waals surface area contributed by atoms with Gasteiger partial charge < -0.3 is 27.1 Å². The number of aromatic hydroxyl groups is 2. The first-order chi connectivity index (χ1) is 19.2. The molecule has 0 radical (unpaired) electrons. The molecule has 3 rings (SSSR count). The second-order valence-electron chi connectivity index (χ2n) is 15.9. The zero-order valence-corrected chi connectivity index (χ0v) is 33.4. The number of benzene rings is 2. The molecule has 0 bridgehead atoms. The van der Waals surface area contributed by atoms with Crippen molar-refractivity contribution >= 4 is 0 Å². The Balaban J connectivity index is 0.00000239. The first-order valence-electron chi connectivity index (χ1n) is 15.5. The predicted molar refractivity (Wildman–Crippen MR) is 183 cm³/mol. The summed E-state index contributed by atoms with van der Waals surface area (Å²) in [6, 6.07) is 8.62. The number of rotatable bonds is 7. The third-order valence-corrected chi connectivity index (χ3v) is 7.83. The molecule has 1 aliphatic heterocycles. The van der Waals surface area contributed by atoms with Gasteiger partial charge in [-0.2, -0.15) is 6.42 Å². The Labute approximate surface area is 296 Å². The number of hydrogen-bond acceptors (Lipinski definition) is 5. The molecule has 0 aromatic heterocycles. The predicted octanol–water partition coefficient (Wildman–Crippen LogP) is 9.34. The Hall–Kier alpha value is -0.976. The minimum atomic E-state index is -0.182. The van der Waals surface area contributed by atoms with Crippen LogP contribution in [-0.2, 0) is 76.9 Å². The molecule has 2 aromatic rings. The summed E-state index contributed by atoms with van der Waals surface area (Å²) in [6.45, 7) is 31.3. The number of phenols is 2. The maximum Gasteiger partial charge on any atom is 3.00 e. The van der Waals surface area contributed by atoms with Crippen LogP contribution < -0.4 is 0 Å². The van der Waals surface area contributed by atoms with Gasteiger partial charge in [0.15, 0.2) is 0 Å². The summed E-state index contributed by atoms with van der Waals surface area (Å²) in [7, 11) is 1.71. The number of nitrogens with zero attached hydrogens (tertiary/aromatic N) is 1. The molecule has 1 heterocycles. The van der Waals surface area contributed by atoms with E-state index in [0.29, 0.717) is 37.7 Å².